The Morgan fingerprint density at radius 1 is 1.58 bits per heavy atom. The lowest BCUT2D eigenvalue weighted by Crippen LogP contribution is -2.04. The summed E-state index contributed by atoms with van der Waals surface area (Å²) < 4.78 is 0. The molecule has 0 fully saturated rings. The number of carbonyl (C=O) groups is 1. The van der Waals surface area contributed by atoms with Gasteiger partial charge in [-0.1, -0.05) is 5.92 Å². The largest absolute Gasteiger partial charge is 0.512 e. The maximum Gasteiger partial charge on any atom is 0.339 e. The van der Waals surface area contributed by atoms with Gasteiger partial charge in [-0.2, -0.15) is 0 Å². The first-order valence-electron chi connectivity index (χ1n) is 3.06. The summed E-state index contributed by atoms with van der Waals surface area (Å²) in [5.74, 6) is 0.433. The fraction of sp³-hybridized carbons (Fsp3) is 0.125. The smallest absolute Gasteiger partial charge is 0.339 e. The number of aliphatic carboxylic acids is 1. The molecule has 0 heterocycles. The molecule has 4 N–H and O–H groups in total. The zero-order chi connectivity index (χ0) is 9.72. The van der Waals surface area contributed by atoms with Gasteiger partial charge in [0.05, 0.1) is 11.3 Å². The molecule has 4 nitrogen and oxygen atoms in total. The maximum absolute atomic E-state index is 10.4. The highest BCUT2D eigenvalue weighted by molar-refractivity contribution is 5.90. The van der Waals surface area contributed by atoms with Gasteiger partial charge in [0, 0.05) is 0 Å². The van der Waals surface area contributed by atoms with Crippen molar-refractivity contribution in [1.82, 2.24) is 0 Å². The van der Waals surface area contributed by atoms with E-state index in [-0.39, 0.29) is 17.0 Å². The van der Waals surface area contributed by atoms with Gasteiger partial charge in [-0.15, -0.1) is 6.42 Å². The number of hydrogen-bond acceptors (Lipinski definition) is 3. The van der Waals surface area contributed by atoms with Crippen LogP contribution in [0.25, 0.3) is 0 Å². The van der Waals surface area contributed by atoms with Crippen LogP contribution in [0.15, 0.2) is 23.1 Å². The molecule has 0 amide bonds. The third-order valence-corrected chi connectivity index (χ3v) is 1.09. The standard InChI is InChI=1S/C8H9NO3/c1-3-6(9)4-7(5(2)10)8(11)12/h1,4,10H,9H2,2H3,(H,11,12)/b6-4+,7-5-. The lowest BCUT2D eigenvalue weighted by Gasteiger charge is -1.96. The van der Waals surface area contributed by atoms with E-state index in [2.05, 4.69) is 0 Å². The van der Waals surface area contributed by atoms with E-state index in [1.165, 1.54) is 6.92 Å². The van der Waals surface area contributed by atoms with E-state index in [0.29, 0.717) is 0 Å². The molecule has 0 saturated carbocycles. The number of rotatable bonds is 2. The normalized spacial score (nSPS) is 13.2. The third kappa shape index (κ3) is 2.80. The Labute approximate surface area is 70.0 Å². The Morgan fingerprint density at radius 3 is 2.33 bits per heavy atom. The summed E-state index contributed by atoms with van der Waals surface area (Å²) in [6.45, 7) is 1.24. The lowest BCUT2D eigenvalue weighted by molar-refractivity contribution is -0.132. The zero-order valence-electron chi connectivity index (χ0n) is 6.53. The van der Waals surface area contributed by atoms with E-state index in [1.54, 1.807) is 0 Å². The van der Waals surface area contributed by atoms with Gasteiger partial charge in [0.2, 0.25) is 0 Å². The molecule has 0 rings (SSSR count). The second-order valence-electron chi connectivity index (χ2n) is 2.05. The molecule has 0 aliphatic rings. The Morgan fingerprint density at radius 2 is 2.08 bits per heavy atom. The Hall–Kier alpha value is -1.89. The van der Waals surface area contributed by atoms with E-state index < -0.39 is 5.97 Å². The number of allylic oxidation sites excluding steroid dienone is 2. The number of carboxylic acids is 1. The van der Waals surface area contributed by atoms with Crippen LogP contribution in [-0.4, -0.2) is 16.2 Å². The highest BCUT2D eigenvalue weighted by Crippen LogP contribution is 2.04. The van der Waals surface area contributed by atoms with Gasteiger partial charge in [0.1, 0.15) is 5.76 Å². The van der Waals surface area contributed by atoms with Crippen molar-refractivity contribution in [1.29, 1.82) is 0 Å². The second-order valence-corrected chi connectivity index (χ2v) is 2.05. The summed E-state index contributed by atoms with van der Waals surface area (Å²) in [5, 5.41) is 17.4. The average molecular weight is 167 g/mol. The number of aliphatic hydroxyl groups excluding tert-OH is 1. The van der Waals surface area contributed by atoms with Gasteiger partial charge >= 0.3 is 5.97 Å². The summed E-state index contributed by atoms with van der Waals surface area (Å²) in [5.41, 5.74) is 4.82. The first kappa shape index (κ1) is 10.1. The molecule has 0 aromatic rings. The van der Waals surface area contributed by atoms with Crippen molar-refractivity contribution in [2.75, 3.05) is 0 Å². The molecule has 0 aromatic heterocycles. The van der Waals surface area contributed by atoms with E-state index in [1.807, 2.05) is 5.92 Å². The van der Waals surface area contributed by atoms with Crippen molar-refractivity contribution in [3.8, 4) is 12.3 Å². The van der Waals surface area contributed by atoms with E-state index in [0.717, 1.165) is 6.08 Å². The van der Waals surface area contributed by atoms with E-state index in [4.69, 9.17) is 22.4 Å². The molecule has 12 heavy (non-hydrogen) atoms. The molecule has 0 aromatic carbocycles. The van der Waals surface area contributed by atoms with Gasteiger partial charge in [0.25, 0.3) is 0 Å². The fourth-order valence-electron chi connectivity index (χ4n) is 0.518. The molecular formula is C8H9NO3. The highest BCUT2D eigenvalue weighted by atomic mass is 16.4. The molecule has 0 bridgehead atoms. The van der Waals surface area contributed by atoms with Gasteiger partial charge in [0.15, 0.2) is 0 Å². The van der Waals surface area contributed by atoms with Crippen LogP contribution < -0.4 is 5.73 Å². The third-order valence-electron chi connectivity index (χ3n) is 1.09. The minimum Gasteiger partial charge on any atom is -0.512 e. The van der Waals surface area contributed by atoms with Crippen LogP contribution in [-0.2, 0) is 4.79 Å². The second kappa shape index (κ2) is 4.09. The molecule has 0 radical (unpaired) electrons. The summed E-state index contributed by atoms with van der Waals surface area (Å²) in [6, 6.07) is 0. The molecule has 0 atom stereocenters. The zero-order valence-corrected chi connectivity index (χ0v) is 6.53. The molecule has 0 aliphatic heterocycles. The first-order valence-corrected chi connectivity index (χ1v) is 3.06. The SMILES string of the molecule is C#C/C(N)=C\C(C(=O)O)=C(/C)O. The minimum atomic E-state index is -1.27. The number of terminal acetylenes is 1. The monoisotopic (exact) mass is 167 g/mol. The van der Waals surface area contributed by atoms with Crippen molar-refractivity contribution in [3.05, 3.63) is 23.1 Å². The van der Waals surface area contributed by atoms with Gasteiger partial charge in [-0.05, 0) is 13.0 Å². The van der Waals surface area contributed by atoms with Gasteiger partial charge in [-0.3, -0.25) is 0 Å². The summed E-state index contributed by atoms with van der Waals surface area (Å²) in [7, 11) is 0. The molecule has 64 valence electrons. The molecular weight excluding hydrogens is 158 g/mol. The predicted octanol–water partition coefficient (Wildman–Crippen LogP) is 0.379. The van der Waals surface area contributed by atoms with Crippen LogP contribution in [0, 0.1) is 12.3 Å². The van der Waals surface area contributed by atoms with E-state index >= 15 is 0 Å². The average Bonchev–Trinajstić information content (AvgIpc) is 1.98. The summed E-state index contributed by atoms with van der Waals surface area (Å²) in [4.78, 5) is 10.4. The minimum absolute atomic E-state index is 0.0409. The Kier molecular flexibility index (Phi) is 3.44. The van der Waals surface area contributed by atoms with Crippen LogP contribution in [0.2, 0.25) is 0 Å². The molecule has 0 saturated heterocycles. The van der Waals surface area contributed by atoms with Gasteiger partial charge in [-0.25, -0.2) is 4.79 Å². The topological polar surface area (TPSA) is 83.6 Å². The Balaban J connectivity index is 4.98. The molecule has 4 heteroatoms. The van der Waals surface area contributed by atoms with Crippen LogP contribution >= 0.6 is 0 Å². The molecule has 0 unspecified atom stereocenters. The first-order chi connectivity index (χ1) is 5.49. The van der Waals surface area contributed by atoms with Gasteiger partial charge < -0.3 is 15.9 Å². The number of carboxylic acid groups (broad SMARTS) is 1. The van der Waals surface area contributed by atoms with Crippen LogP contribution in [0.1, 0.15) is 6.92 Å². The van der Waals surface area contributed by atoms with Crippen molar-refractivity contribution in [2.24, 2.45) is 5.73 Å². The van der Waals surface area contributed by atoms with Crippen LogP contribution in [0.3, 0.4) is 0 Å². The number of nitrogens with two attached hydrogens (primary N) is 1. The predicted molar refractivity (Wildman–Crippen MR) is 44.1 cm³/mol. The number of hydrogen-bond donors (Lipinski definition) is 3. The van der Waals surface area contributed by atoms with Crippen molar-refractivity contribution < 1.29 is 15.0 Å². The molecule has 0 aliphatic carbocycles. The van der Waals surface area contributed by atoms with Crippen molar-refractivity contribution >= 4 is 5.97 Å². The Bertz CT molecular complexity index is 290. The fourth-order valence-corrected chi connectivity index (χ4v) is 0.518. The van der Waals surface area contributed by atoms with E-state index in [9.17, 15) is 4.79 Å². The number of aliphatic hydroxyl groups is 1. The van der Waals surface area contributed by atoms with Crippen LogP contribution in [0.4, 0.5) is 0 Å². The maximum atomic E-state index is 10.4. The lowest BCUT2D eigenvalue weighted by atomic mass is 10.2. The van der Waals surface area contributed by atoms with Crippen molar-refractivity contribution in [3.63, 3.8) is 0 Å². The highest BCUT2D eigenvalue weighted by Gasteiger charge is 2.07. The molecule has 0 spiro atoms. The summed E-state index contributed by atoms with van der Waals surface area (Å²) in [6.07, 6.45) is 5.91. The summed E-state index contributed by atoms with van der Waals surface area (Å²) >= 11 is 0. The van der Waals surface area contributed by atoms with Crippen LogP contribution in [0.5, 0.6) is 0 Å². The van der Waals surface area contributed by atoms with Crippen molar-refractivity contribution in [2.45, 2.75) is 6.92 Å². The quantitative estimate of drug-likeness (QED) is 0.240.